The maximum absolute atomic E-state index is 2.84. The third-order valence-corrected chi connectivity index (χ3v) is 1.32. The number of halogens is 2. The van der Waals surface area contributed by atoms with Crippen molar-refractivity contribution in [2.24, 2.45) is 0 Å². The summed E-state index contributed by atoms with van der Waals surface area (Å²) in [6.45, 7) is 0. The third kappa shape index (κ3) is 3.99. The molecule has 8 heavy (non-hydrogen) atoms. The molecule has 3 heteroatoms. The van der Waals surface area contributed by atoms with Gasteiger partial charge in [-0.3, -0.25) is 0 Å². The molecule has 50 valence electrons. The van der Waals surface area contributed by atoms with Gasteiger partial charge in [-0.2, -0.15) is 0 Å². The van der Waals surface area contributed by atoms with Gasteiger partial charge in [0.2, 0.25) is 0 Å². The molecule has 1 aliphatic carbocycles. The SMILES string of the molecule is Br.Br.[Rh][C]1=CC=CC1. The Kier molecular flexibility index (Phi) is 9.14. The van der Waals surface area contributed by atoms with E-state index in [0.29, 0.717) is 0 Å². The van der Waals surface area contributed by atoms with Crippen LogP contribution < -0.4 is 0 Å². The average Bonchev–Trinajstić information content (AvgIpc) is 1.86. The molecule has 0 aromatic rings. The fourth-order valence-electron chi connectivity index (χ4n) is 0.412. The van der Waals surface area contributed by atoms with Gasteiger partial charge < -0.3 is 0 Å². The molecule has 0 spiro atoms. The molecule has 0 nitrogen and oxygen atoms in total. The Morgan fingerprint density at radius 2 is 2.00 bits per heavy atom. The van der Waals surface area contributed by atoms with Gasteiger partial charge in [-0.05, 0) is 0 Å². The van der Waals surface area contributed by atoms with Crippen LogP contribution in [0.2, 0.25) is 0 Å². The van der Waals surface area contributed by atoms with Crippen LogP contribution in [0.1, 0.15) is 6.42 Å². The third-order valence-electron chi connectivity index (χ3n) is 0.709. The molecule has 0 fully saturated rings. The summed E-state index contributed by atoms with van der Waals surface area (Å²) >= 11 is 2.84. The topological polar surface area (TPSA) is 0 Å². The first-order valence-corrected chi connectivity index (χ1v) is 2.70. The van der Waals surface area contributed by atoms with Gasteiger partial charge in [-0.25, -0.2) is 0 Å². The normalized spacial score (nSPS) is 14.0. The zero-order valence-corrected chi connectivity index (χ0v) is 9.15. The Balaban J connectivity index is 0. The second-order valence-electron chi connectivity index (χ2n) is 1.22. The van der Waals surface area contributed by atoms with Gasteiger partial charge in [0.25, 0.3) is 0 Å². The van der Waals surface area contributed by atoms with E-state index in [4.69, 9.17) is 0 Å². The first-order chi connectivity index (χ1) is 2.89. The summed E-state index contributed by atoms with van der Waals surface area (Å²) in [7, 11) is 0. The van der Waals surface area contributed by atoms with E-state index in [2.05, 4.69) is 36.5 Å². The van der Waals surface area contributed by atoms with Crippen LogP contribution in [0, 0.1) is 0 Å². The van der Waals surface area contributed by atoms with Gasteiger partial charge in [0.05, 0.1) is 0 Å². The maximum atomic E-state index is 2.84. The summed E-state index contributed by atoms with van der Waals surface area (Å²) < 4.78 is 1.36. The van der Waals surface area contributed by atoms with Crippen LogP contribution in [0.25, 0.3) is 0 Å². The molecule has 0 saturated carbocycles. The summed E-state index contributed by atoms with van der Waals surface area (Å²) in [6, 6.07) is 0. The van der Waals surface area contributed by atoms with Crippen molar-refractivity contribution in [1.29, 1.82) is 0 Å². The zero-order chi connectivity index (χ0) is 4.41. The molecule has 0 aromatic carbocycles. The number of allylic oxidation sites excluding steroid dienone is 4. The van der Waals surface area contributed by atoms with Crippen molar-refractivity contribution in [1.82, 2.24) is 0 Å². The quantitative estimate of drug-likeness (QED) is 0.599. The van der Waals surface area contributed by atoms with Gasteiger partial charge in [-0.1, -0.05) is 0 Å². The molecule has 0 aromatic heterocycles. The summed E-state index contributed by atoms with van der Waals surface area (Å²) in [5, 5.41) is 0. The van der Waals surface area contributed by atoms with Crippen molar-refractivity contribution in [3.05, 3.63) is 22.4 Å². The molecule has 0 radical (unpaired) electrons. The first-order valence-electron chi connectivity index (χ1n) is 1.88. The van der Waals surface area contributed by atoms with Crippen molar-refractivity contribution < 1.29 is 18.3 Å². The second kappa shape index (κ2) is 6.19. The van der Waals surface area contributed by atoms with Crippen LogP contribution in [0.15, 0.2) is 22.4 Å². The van der Waals surface area contributed by atoms with Crippen molar-refractivity contribution in [3.63, 3.8) is 0 Å². The minimum atomic E-state index is 0. The second-order valence-corrected chi connectivity index (χ2v) is 2.27. The standard InChI is InChI=1S/C5H5.2BrH.Rh/c1-2-4-5-3-1;;;/h1-3H,4H2;2*1H;. The van der Waals surface area contributed by atoms with Crippen molar-refractivity contribution >= 4 is 34.0 Å². The fraction of sp³-hybridized carbons (Fsp3) is 0.200. The van der Waals surface area contributed by atoms with Crippen LogP contribution in [0.3, 0.4) is 0 Å². The minimum absolute atomic E-state index is 0. The molecular weight excluding hydrogens is 323 g/mol. The van der Waals surface area contributed by atoms with Crippen molar-refractivity contribution in [2.45, 2.75) is 6.42 Å². The monoisotopic (exact) mass is 328 g/mol. The van der Waals surface area contributed by atoms with Crippen LogP contribution in [0.5, 0.6) is 0 Å². The van der Waals surface area contributed by atoms with E-state index >= 15 is 0 Å². The van der Waals surface area contributed by atoms with Gasteiger partial charge in [0.15, 0.2) is 0 Å². The number of rotatable bonds is 0. The van der Waals surface area contributed by atoms with Crippen molar-refractivity contribution in [3.8, 4) is 0 Å². The van der Waals surface area contributed by atoms with E-state index in [1.807, 2.05) is 0 Å². The van der Waals surface area contributed by atoms with Gasteiger partial charge in [-0.15, -0.1) is 34.0 Å². The van der Waals surface area contributed by atoms with E-state index in [9.17, 15) is 0 Å². The number of hydrogen-bond donors (Lipinski definition) is 0. The Hall–Kier alpha value is 1.06. The van der Waals surface area contributed by atoms with E-state index in [1.54, 1.807) is 0 Å². The average molecular weight is 330 g/mol. The number of hydrogen-bond acceptors (Lipinski definition) is 0. The molecule has 0 N–H and O–H groups in total. The molecule has 1 aliphatic rings. The van der Waals surface area contributed by atoms with E-state index in [-0.39, 0.29) is 34.0 Å². The van der Waals surface area contributed by atoms with E-state index < -0.39 is 0 Å². The predicted octanol–water partition coefficient (Wildman–Crippen LogP) is 2.53. The summed E-state index contributed by atoms with van der Waals surface area (Å²) in [6.07, 6.45) is 7.41. The van der Waals surface area contributed by atoms with Gasteiger partial charge in [0, 0.05) is 0 Å². The zero-order valence-electron chi connectivity index (χ0n) is 4.09. The molecule has 0 atom stereocenters. The molecule has 0 saturated heterocycles. The summed E-state index contributed by atoms with van der Waals surface area (Å²) in [4.78, 5) is 0. The molecule has 0 amide bonds. The van der Waals surface area contributed by atoms with E-state index in [1.165, 1.54) is 4.17 Å². The molecule has 0 bridgehead atoms. The molecular formula is C5H7Br2Rh. The molecule has 0 unspecified atom stereocenters. The fourth-order valence-corrected chi connectivity index (χ4v) is 0.762. The Morgan fingerprint density at radius 1 is 1.38 bits per heavy atom. The predicted molar refractivity (Wildman–Crippen MR) is 42.5 cm³/mol. The summed E-state index contributed by atoms with van der Waals surface area (Å²) in [5.41, 5.74) is 0. The molecule has 0 heterocycles. The van der Waals surface area contributed by atoms with Crippen LogP contribution >= 0.6 is 34.0 Å². The van der Waals surface area contributed by atoms with Gasteiger partial charge >= 0.3 is 47.1 Å². The van der Waals surface area contributed by atoms with Crippen LogP contribution in [-0.2, 0) is 18.3 Å². The van der Waals surface area contributed by atoms with Crippen LogP contribution in [-0.4, -0.2) is 0 Å². The Labute approximate surface area is 80.6 Å². The Morgan fingerprint density at radius 3 is 2.12 bits per heavy atom. The van der Waals surface area contributed by atoms with Gasteiger partial charge in [0.1, 0.15) is 0 Å². The van der Waals surface area contributed by atoms with Crippen molar-refractivity contribution in [2.75, 3.05) is 0 Å². The molecule has 0 aliphatic heterocycles. The molecule has 1 rings (SSSR count). The van der Waals surface area contributed by atoms with Crippen LogP contribution in [0.4, 0.5) is 0 Å². The van der Waals surface area contributed by atoms with E-state index in [0.717, 1.165) is 6.42 Å². The Bertz CT molecular complexity index is 107. The first kappa shape index (κ1) is 11.8. The summed E-state index contributed by atoms with van der Waals surface area (Å²) in [5.74, 6) is 0.